The molecule has 0 radical (unpaired) electrons. The molecule has 2 heterocycles. The molecule has 21 heavy (non-hydrogen) atoms. The molecule has 1 aliphatic rings. The lowest BCUT2D eigenvalue weighted by molar-refractivity contribution is 0.0973. The summed E-state index contributed by atoms with van der Waals surface area (Å²) in [5, 5.41) is 1.14. The van der Waals surface area contributed by atoms with Crippen LogP contribution in [0, 0.1) is 0 Å². The minimum atomic E-state index is 0.0506. The number of ether oxygens (including phenoxy) is 2. The van der Waals surface area contributed by atoms with Gasteiger partial charge in [-0.15, -0.1) is 0 Å². The van der Waals surface area contributed by atoms with Crippen LogP contribution in [0.5, 0.6) is 11.5 Å². The zero-order chi connectivity index (χ0) is 14.2. The quantitative estimate of drug-likeness (QED) is 0.691. The van der Waals surface area contributed by atoms with Gasteiger partial charge >= 0.3 is 0 Å². The lowest BCUT2D eigenvalue weighted by atomic mass is 10.1. The van der Waals surface area contributed by atoms with E-state index in [9.17, 15) is 4.79 Å². The maximum Gasteiger partial charge on any atom is 0.231 e. The molecule has 0 atom stereocenters. The van der Waals surface area contributed by atoms with E-state index in [2.05, 4.69) is 0 Å². The van der Waals surface area contributed by atoms with Crippen molar-refractivity contribution in [1.82, 2.24) is 4.57 Å². The Morgan fingerprint density at radius 2 is 1.90 bits per heavy atom. The van der Waals surface area contributed by atoms with Crippen molar-refractivity contribution in [2.75, 3.05) is 6.79 Å². The highest BCUT2D eigenvalue weighted by Crippen LogP contribution is 2.32. The predicted octanol–water partition coefficient (Wildman–Crippen LogP) is 3.25. The Labute approximate surface area is 121 Å². The van der Waals surface area contributed by atoms with Gasteiger partial charge in [-0.25, -0.2) is 0 Å². The van der Waals surface area contributed by atoms with Crippen LogP contribution in [0.4, 0.5) is 0 Å². The van der Waals surface area contributed by atoms with E-state index >= 15 is 0 Å². The Kier molecular flexibility index (Phi) is 2.67. The van der Waals surface area contributed by atoms with Crippen LogP contribution in [0.3, 0.4) is 0 Å². The Morgan fingerprint density at radius 3 is 2.86 bits per heavy atom. The second-order valence-corrected chi connectivity index (χ2v) is 4.99. The van der Waals surface area contributed by atoms with Gasteiger partial charge in [-0.05, 0) is 35.7 Å². The second kappa shape index (κ2) is 4.66. The summed E-state index contributed by atoms with van der Waals surface area (Å²) < 4.78 is 12.5. The minimum Gasteiger partial charge on any atom is -0.454 e. The molecule has 0 saturated heterocycles. The number of ketones is 1. The maximum atomic E-state index is 12.4. The second-order valence-electron chi connectivity index (χ2n) is 4.99. The third kappa shape index (κ3) is 2.05. The molecule has 0 saturated carbocycles. The van der Waals surface area contributed by atoms with E-state index in [1.807, 2.05) is 41.1 Å². The topological polar surface area (TPSA) is 40.5 Å². The van der Waals surface area contributed by atoms with Gasteiger partial charge in [-0.3, -0.25) is 4.79 Å². The molecule has 0 amide bonds. The van der Waals surface area contributed by atoms with E-state index in [1.165, 1.54) is 0 Å². The maximum absolute atomic E-state index is 12.4. The minimum absolute atomic E-state index is 0.0506. The SMILES string of the molecule is O=C(Cn1ccc2ccccc21)c1ccc2c(c1)OCO2. The lowest BCUT2D eigenvalue weighted by Crippen LogP contribution is -2.09. The van der Waals surface area contributed by atoms with Crippen LogP contribution >= 0.6 is 0 Å². The first-order chi connectivity index (χ1) is 10.3. The smallest absolute Gasteiger partial charge is 0.231 e. The molecule has 4 heteroatoms. The third-order valence-electron chi connectivity index (χ3n) is 3.69. The van der Waals surface area contributed by atoms with Gasteiger partial charge < -0.3 is 14.0 Å². The summed E-state index contributed by atoms with van der Waals surface area (Å²) in [7, 11) is 0. The van der Waals surface area contributed by atoms with Gasteiger partial charge in [0.15, 0.2) is 17.3 Å². The largest absolute Gasteiger partial charge is 0.454 e. The highest BCUT2D eigenvalue weighted by Gasteiger charge is 2.16. The number of nitrogens with zero attached hydrogens (tertiary/aromatic N) is 1. The number of carbonyl (C=O) groups is 1. The van der Waals surface area contributed by atoms with E-state index in [4.69, 9.17) is 9.47 Å². The van der Waals surface area contributed by atoms with Crippen molar-refractivity contribution in [3.05, 3.63) is 60.3 Å². The average Bonchev–Trinajstić information content (AvgIpc) is 3.13. The van der Waals surface area contributed by atoms with Crippen molar-refractivity contribution in [2.45, 2.75) is 6.54 Å². The molecule has 1 aliphatic heterocycles. The fourth-order valence-corrected chi connectivity index (χ4v) is 2.59. The molecule has 1 aromatic heterocycles. The summed E-state index contributed by atoms with van der Waals surface area (Å²) >= 11 is 0. The van der Waals surface area contributed by atoms with Crippen LogP contribution in [0.2, 0.25) is 0 Å². The summed E-state index contributed by atoms with van der Waals surface area (Å²) in [4.78, 5) is 12.4. The number of para-hydroxylation sites is 1. The number of carbonyl (C=O) groups excluding carboxylic acids is 1. The first-order valence-corrected chi connectivity index (χ1v) is 6.78. The van der Waals surface area contributed by atoms with Crippen molar-refractivity contribution in [3.63, 3.8) is 0 Å². The highest BCUT2D eigenvalue weighted by molar-refractivity contribution is 5.97. The van der Waals surface area contributed by atoms with Gasteiger partial charge in [0, 0.05) is 17.3 Å². The summed E-state index contributed by atoms with van der Waals surface area (Å²) in [6, 6.07) is 15.3. The molecule has 0 fully saturated rings. The number of rotatable bonds is 3. The number of aromatic nitrogens is 1. The Hall–Kier alpha value is -2.75. The van der Waals surface area contributed by atoms with Gasteiger partial charge in [0.05, 0.1) is 6.54 Å². The predicted molar refractivity (Wildman–Crippen MR) is 78.8 cm³/mol. The normalized spacial score (nSPS) is 12.8. The van der Waals surface area contributed by atoms with Gasteiger partial charge in [-0.2, -0.15) is 0 Å². The first-order valence-electron chi connectivity index (χ1n) is 6.78. The van der Waals surface area contributed by atoms with Crippen LogP contribution < -0.4 is 9.47 Å². The number of benzene rings is 2. The third-order valence-corrected chi connectivity index (χ3v) is 3.69. The standard InChI is InChI=1S/C17H13NO3/c19-15(13-5-6-16-17(9-13)21-11-20-16)10-18-8-7-12-3-1-2-4-14(12)18/h1-9H,10-11H2. The molecule has 2 aromatic carbocycles. The molecule has 0 bridgehead atoms. The Morgan fingerprint density at radius 1 is 1.05 bits per heavy atom. The molecule has 104 valence electrons. The number of hydrogen-bond acceptors (Lipinski definition) is 3. The summed E-state index contributed by atoms with van der Waals surface area (Å²) in [5.74, 6) is 1.38. The van der Waals surface area contributed by atoms with E-state index in [1.54, 1.807) is 18.2 Å². The monoisotopic (exact) mass is 279 g/mol. The fourth-order valence-electron chi connectivity index (χ4n) is 2.59. The molecular weight excluding hydrogens is 266 g/mol. The highest BCUT2D eigenvalue weighted by atomic mass is 16.7. The van der Waals surface area contributed by atoms with Gasteiger partial charge in [-0.1, -0.05) is 18.2 Å². The van der Waals surface area contributed by atoms with Crippen LogP contribution in [0.25, 0.3) is 10.9 Å². The molecule has 3 aromatic rings. The van der Waals surface area contributed by atoms with E-state index in [0.29, 0.717) is 23.6 Å². The summed E-state index contributed by atoms with van der Waals surface area (Å²) in [6.07, 6.45) is 1.94. The van der Waals surface area contributed by atoms with E-state index in [0.717, 1.165) is 10.9 Å². The molecule has 0 unspecified atom stereocenters. The van der Waals surface area contributed by atoms with Crippen LogP contribution in [0.1, 0.15) is 10.4 Å². The molecule has 0 N–H and O–H groups in total. The van der Waals surface area contributed by atoms with Crippen LogP contribution in [0.15, 0.2) is 54.7 Å². The number of Topliss-reactive ketones (excluding diaryl/α,β-unsaturated/α-hetero) is 1. The zero-order valence-electron chi connectivity index (χ0n) is 11.3. The van der Waals surface area contributed by atoms with Crippen LogP contribution in [-0.4, -0.2) is 17.1 Å². The number of fused-ring (bicyclic) bond motifs is 2. The van der Waals surface area contributed by atoms with Crippen molar-refractivity contribution >= 4 is 16.7 Å². The molecule has 4 nitrogen and oxygen atoms in total. The average molecular weight is 279 g/mol. The first kappa shape index (κ1) is 12.0. The van der Waals surface area contributed by atoms with Crippen molar-refractivity contribution < 1.29 is 14.3 Å². The molecule has 4 rings (SSSR count). The summed E-state index contributed by atoms with van der Waals surface area (Å²) in [5.41, 5.74) is 1.70. The van der Waals surface area contributed by atoms with E-state index < -0.39 is 0 Å². The molecular formula is C17H13NO3. The van der Waals surface area contributed by atoms with E-state index in [-0.39, 0.29) is 12.6 Å². The Bertz CT molecular complexity index is 835. The fraction of sp³-hybridized carbons (Fsp3) is 0.118. The Balaban J connectivity index is 1.63. The summed E-state index contributed by atoms with van der Waals surface area (Å²) in [6.45, 7) is 0.530. The van der Waals surface area contributed by atoms with Gasteiger partial charge in [0.2, 0.25) is 6.79 Å². The van der Waals surface area contributed by atoms with Gasteiger partial charge in [0.25, 0.3) is 0 Å². The van der Waals surface area contributed by atoms with Crippen molar-refractivity contribution in [3.8, 4) is 11.5 Å². The lowest BCUT2D eigenvalue weighted by Gasteiger charge is -2.06. The molecule has 0 spiro atoms. The van der Waals surface area contributed by atoms with Crippen LogP contribution in [-0.2, 0) is 6.54 Å². The number of hydrogen-bond donors (Lipinski definition) is 0. The van der Waals surface area contributed by atoms with Crippen molar-refractivity contribution in [1.29, 1.82) is 0 Å². The van der Waals surface area contributed by atoms with Crippen molar-refractivity contribution in [2.24, 2.45) is 0 Å². The zero-order valence-corrected chi connectivity index (χ0v) is 11.3. The molecule has 0 aliphatic carbocycles. The van der Waals surface area contributed by atoms with Gasteiger partial charge in [0.1, 0.15) is 0 Å².